The number of carbonyl (C=O) groups excluding carboxylic acids is 1. The SMILES string of the molecule is [2H][C@@]1(N[S@](=O)C(C)(C)C)c2ccccc2CC12CCN(C(=O)OC(C)(C)C)CC2. The van der Waals surface area contributed by atoms with Crippen LogP contribution >= 0.6 is 0 Å². The molecule has 2 aliphatic rings. The molecule has 0 radical (unpaired) electrons. The largest absolute Gasteiger partial charge is 0.444 e. The monoisotopic (exact) mass is 407 g/mol. The van der Waals surface area contributed by atoms with Gasteiger partial charge in [0.25, 0.3) is 0 Å². The van der Waals surface area contributed by atoms with Crippen LogP contribution in [0.3, 0.4) is 0 Å². The maximum absolute atomic E-state index is 13.0. The predicted octanol–water partition coefficient (Wildman–Crippen LogP) is 4.35. The van der Waals surface area contributed by atoms with Crippen molar-refractivity contribution in [3.8, 4) is 0 Å². The van der Waals surface area contributed by atoms with Crippen LogP contribution in [-0.2, 0) is 22.1 Å². The maximum atomic E-state index is 13.0. The lowest BCUT2D eigenvalue weighted by Gasteiger charge is -2.44. The summed E-state index contributed by atoms with van der Waals surface area (Å²) in [5, 5.41) is 0. The number of amides is 1. The number of benzene rings is 1. The van der Waals surface area contributed by atoms with Crippen molar-refractivity contribution in [1.29, 1.82) is 0 Å². The van der Waals surface area contributed by atoms with Gasteiger partial charge in [-0.15, -0.1) is 0 Å². The van der Waals surface area contributed by atoms with Gasteiger partial charge in [-0.25, -0.2) is 13.7 Å². The van der Waals surface area contributed by atoms with E-state index < -0.39 is 32.8 Å². The summed E-state index contributed by atoms with van der Waals surface area (Å²) in [5.41, 5.74) is 1.10. The van der Waals surface area contributed by atoms with Gasteiger partial charge in [0.05, 0.1) is 23.1 Å². The fraction of sp³-hybridized carbons (Fsp3) is 0.682. The molecular formula is C22H34N2O3S. The smallest absolute Gasteiger partial charge is 0.410 e. The first-order valence-electron chi connectivity index (χ1n) is 10.5. The molecule has 1 aliphatic heterocycles. The van der Waals surface area contributed by atoms with Crippen molar-refractivity contribution in [3.63, 3.8) is 0 Å². The quantitative estimate of drug-likeness (QED) is 0.793. The van der Waals surface area contributed by atoms with E-state index in [1.807, 2.05) is 59.7 Å². The van der Waals surface area contributed by atoms with Crippen LogP contribution in [0.5, 0.6) is 0 Å². The maximum Gasteiger partial charge on any atom is 0.410 e. The Bertz CT molecular complexity index is 807. The van der Waals surface area contributed by atoms with E-state index in [-0.39, 0.29) is 6.09 Å². The first-order valence-corrected chi connectivity index (χ1v) is 11.2. The molecule has 2 atom stereocenters. The van der Waals surface area contributed by atoms with E-state index >= 15 is 0 Å². The number of piperidine rings is 1. The van der Waals surface area contributed by atoms with Crippen LogP contribution in [0.2, 0.25) is 0 Å². The second-order valence-corrected chi connectivity index (χ2v) is 11.9. The van der Waals surface area contributed by atoms with Crippen LogP contribution in [0.15, 0.2) is 24.3 Å². The molecule has 1 saturated heterocycles. The van der Waals surface area contributed by atoms with Gasteiger partial charge in [0, 0.05) is 13.1 Å². The van der Waals surface area contributed by atoms with Crippen molar-refractivity contribution >= 4 is 17.1 Å². The highest BCUT2D eigenvalue weighted by molar-refractivity contribution is 7.84. The lowest BCUT2D eigenvalue weighted by atomic mass is 9.73. The number of fused-ring (bicyclic) bond motifs is 1. The third-order valence-corrected chi connectivity index (χ3v) is 6.97. The summed E-state index contributed by atoms with van der Waals surface area (Å²) < 4.78 is 30.7. The summed E-state index contributed by atoms with van der Waals surface area (Å²) in [4.78, 5) is 14.2. The normalized spacial score (nSPS) is 25.9. The van der Waals surface area contributed by atoms with Crippen molar-refractivity contribution in [3.05, 3.63) is 35.4 Å². The summed E-state index contributed by atoms with van der Waals surface area (Å²) in [6, 6.07) is 6.83. The first kappa shape index (κ1) is 19.9. The molecule has 0 saturated carbocycles. The Hall–Kier alpha value is -1.40. The predicted molar refractivity (Wildman–Crippen MR) is 113 cm³/mol. The zero-order valence-electron chi connectivity index (χ0n) is 18.9. The van der Waals surface area contributed by atoms with Crippen molar-refractivity contribution in [2.75, 3.05) is 13.1 Å². The molecular weight excluding hydrogens is 372 g/mol. The Labute approximate surface area is 173 Å². The Balaban J connectivity index is 1.87. The fourth-order valence-electron chi connectivity index (χ4n) is 3.94. The van der Waals surface area contributed by atoms with Gasteiger partial charge in [-0.3, -0.25) is 0 Å². The van der Waals surface area contributed by atoms with Gasteiger partial charge in [-0.1, -0.05) is 24.3 Å². The van der Waals surface area contributed by atoms with E-state index in [2.05, 4.69) is 10.8 Å². The van der Waals surface area contributed by atoms with Crippen LogP contribution in [0.4, 0.5) is 4.79 Å². The molecule has 1 spiro atoms. The fourth-order valence-corrected chi connectivity index (χ4v) is 4.75. The standard InChI is InChI=1S/C22H34N2O3S/c1-20(2,3)27-19(25)24-13-11-22(12-14-24)15-16-9-7-8-10-17(16)18(22)23-28(26)21(4,5)6/h7-10,18,23H,11-15H2,1-6H3/t18-,28-/m1/s1/i18D. The second-order valence-electron chi connectivity index (χ2n) is 9.94. The number of hydrogen-bond acceptors (Lipinski definition) is 3. The van der Waals surface area contributed by atoms with Crippen molar-refractivity contribution < 1.29 is 15.1 Å². The van der Waals surface area contributed by atoms with E-state index in [0.29, 0.717) is 25.9 Å². The molecule has 0 bridgehead atoms. The van der Waals surface area contributed by atoms with Crippen LogP contribution in [0, 0.1) is 5.41 Å². The summed E-state index contributed by atoms with van der Waals surface area (Å²) in [6.45, 7) is 12.4. The number of likely N-dealkylation sites (tertiary alicyclic amines) is 1. The molecule has 1 fully saturated rings. The second kappa shape index (κ2) is 7.45. The van der Waals surface area contributed by atoms with Gasteiger partial charge in [0.2, 0.25) is 0 Å². The summed E-state index contributed by atoms with van der Waals surface area (Å²) in [5.74, 6) is 0. The van der Waals surface area contributed by atoms with Crippen molar-refractivity contribution in [2.24, 2.45) is 5.41 Å². The van der Waals surface area contributed by atoms with Crippen molar-refractivity contribution in [2.45, 2.75) is 77.2 Å². The summed E-state index contributed by atoms with van der Waals surface area (Å²) >= 11 is 0. The number of nitrogens with one attached hydrogen (secondary N) is 1. The zero-order valence-corrected chi connectivity index (χ0v) is 18.7. The summed E-state index contributed by atoms with van der Waals surface area (Å²) in [6.07, 6.45) is 1.78. The molecule has 1 aromatic carbocycles. The van der Waals surface area contributed by atoms with Crippen LogP contribution < -0.4 is 4.72 Å². The minimum Gasteiger partial charge on any atom is -0.444 e. The van der Waals surface area contributed by atoms with Crippen LogP contribution in [0.1, 0.15) is 72.9 Å². The number of carbonyl (C=O) groups is 1. The van der Waals surface area contributed by atoms with Gasteiger partial charge in [0.15, 0.2) is 0 Å². The van der Waals surface area contributed by atoms with E-state index in [1.54, 1.807) is 4.90 Å². The number of hydrogen-bond donors (Lipinski definition) is 1. The average Bonchev–Trinajstić information content (AvgIpc) is 2.82. The van der Waals surface area contributed by atoms with Gasteiger partial charge >= 0.3 is 6.09 Å². The van der Waals surface area contributed by atoms with Gasteiger partial charge in [-0.2, -0.15) is 0 Å². The minimum atomic E-state index is -1.38. The highest BCUT2D eigenvalue weighted by Gasteiger charge is 2.49. The first-order chi connectivity index (χ1) is 13.3. The number of nitrogens with zero attached hydrogens (tertiary/aromatic N) is 1. The molecule has 1 aromatic rings. The van der Waals surface area contributed by atoms with Crippen LogP contribution in [0.25, 0.3) is 0 Å². The van der Waals surface area contributed by atoms with E-state index in [0.717, 1.165) is 17.5 Å². The average molecular weight is 408 g/mol. The molecule has 0 aromatic heterocycles. The Kier molecular flexibility index (Phi) is 5.29. The third-order valence-electron chi connectivity index (χ3n) is 5.47. The van der Waals surface area contributed by atoms with Gasteiger partial charge in [-0.05, 0) is 77.3 Å². The molecule has 1 heterocycles. The molecule has 28 heavy (non-hydrogen) atoms. The van der Waals surface area contributed by atoms with Gasteiger partial charge in [0.1, 0.15) is 5.60 Å². The lowest BCUT2D eigenvalue weighted by Crippen LogP contribution is -2.49. The van der Waals surface area contributed by atoms with E-state index in [1.165, 1.54) is 0 Å². The molecule has 156 valence electrons. The van der Waals surface area contributed by atoms with Crippen molar-refractivity contribution in [1.82, 2.24) is 9.62 Å². The zero-order chi connectivity index (χ0) is 21.7. The highest BCUT2D eigenvalue weighted by atomic mass is 32.2. The minimum absolute atomic E-state index is 0.301. The van der Waals surface area contributed by atoms with Crippen LogP contribution in [-0.4, -0.2) is 38.6 Å². The Morgan fingerprint density at radius 2 is 1.82 bits per heavy atom. The highest BCUT2D eigenvalue weighted by Crippen LogP contribution is 2.52. The Morgan fingerprint density at radius 1 is 1.21 bits per heavy atom. The molecule has 5 nitrogen and oxygen atoms in total. The third kappa shape index (κ3) is 4.43. The summed E-state index contributed by atoms with van der Waals surface area (Å²) in [7, 11) is -1.38. The Morgan fingerprint density at radius 3 is 2.39 bits per heavy atom. The molecule has 0 unspecified atom stereocenters. The molecule has 6 heteroatoms. The topological polar surface area (TPSA) is 58.6 Å². The number of rotatable bonds is 2. The molecule has 3 rings (SSSR count). The van der Waals surface area contributed by atoms with Gasteiger partial charge < -0.3 is 9.64 Å². The van der Waals surface area contributed by atoms with E-state index in [4.69, 9.17) is 4.74 Å². The number of ether oxygens (including phenoxy) is 1. The molecule has 1 amide bonds. The molecule has 1 N–H and O–H groups in total. The lowest BCUT2D eigenvalue weighted by molar-refractivity contribution is 0.00724. The molecule has 1 aliphatic carbocycles. The van der Waals surface area contributed by atoms with E-state index in [9.17, 15) is 10.4 Å².